The average molecular weight is 305 g/mol. The van der Waals surface area contributed by atoms with Crippen LogP contribution in [-0.4, -0.2) is 48.9 Å². The molecule has 1 fully saturated rings. The van der Waals surface area contributed by atoms with Crippen molar-refractivity contribution in [2.75, 3.05) is 26.7 Å². The van der Waals surface area contributed by atoms with Gasteiger partial charge in [-0.3, -0.25) is 4.79 Å². The molecule has 22 heavy (non-hydrogen) atoms. The van der Waals surface area contributed by atoms with Crippen molar-refractivity contribution in [3.63, 3.8) is 0 Å². The van der Waals surface area contributed by atoms with Crippen molar-refractivity contribution in [3.8, 4) is 11.5 Å². The van der Waals surface area contributed by atoms with Gasteiger partial charge in [0, 0.05) is 13.0 Å². The second-order valence-electron chi connectivity index (χ2n) is 5.38. The minimum absolute atomic E-state index is 0.0743. The number of hydrogen-bond donors (Lipinski definition) is 2. The number of piperidine rings is 1. The maximum Gasteiger partial charge on any atom is 0.241 e. The van der Waals surface area contributed by atoms with Gasteiger partial charge in [0.05, 0.1) is 13.3 Å². The minimum atomic E-state index is -0.0902. The van der Waals surface area contributed by atoms with Gasteiger partial charge >= 0.3 is 0 Å². The van der Waals surface area contributed by atoms with Gasteiger partial charge in [-0.15, -0.1) is 0 Å². The van der Waals surface area contributed by atoms with Crippen LogP contribution in [0.2, 0.25) is 0 Å². The third-order valence-corrected chi connectivity index (χ3v) is 3.71. The van der Waals surface area contributed by atoms with Crippen LogP contribution in [0.4, 0.5) is 0 Å². The molecule has 0 radical (unpaired) electrons. The lowest BCUT2D eigenvalue weighted by molar-refractivity contribution is -0.121. The monoisotopic (exact) mass is 305 g/mol. The number of benzene rings is 1. The van der Waals surface area contributed by atoms with E-state index in [4.69, 9.17) is 4.74 Å². The SMILES string of the molecule is COc1cc(/C=N/NC(=O)CCN2CCCCC2)ccc1O. The van der Waals surface area contributed by atoms with Gasteiger partial charge in [-0.05, 0) is 49.7 Å². The van der Waals surface area contributed by atoms with Gasteiger partial charge in [-0.25, -0.2) is 5.43 Å². The summed E-state index contributed by atoms with van der Waals surface area (Å²) in [5, 5.41) is 13.4. The Bertz CT molecular complexity index is 525. The molecule has 0 aromatic heterocycles. The Balaban J connectivity index is 1.75. The molecule has 120 valence electrons. The number of amides is 1. The fourth-order valence-corrected chi connectivity index (χ4v) is 2.45. The highest BCUT2D eigenvalue weighted by molar-refractivity contribution is 5.83. The minimum Gasteiger partial charge on any atom is -0.504 e. The third kappa shape index (κ3) is 5.04. The molecule has 1 aromatic rings. The number of ether oxygens (including phenoxy) is 1. The Labute approximate surface area is 130 Å². The molecule has 6 nitrogen and oxygen atoms in total. The van der Waals surface area contributed by atoms with E-state index in [0.717, 1.165) is 25.2 Å². The number of hydrazone groups is 1. The van der Waals surface area contributed by atoms with Gasteiger partial charge in [-0.1, -0.05) is 6.42 Å². The van der Waals surface area contributed by atoms with E-state index < -0.39 is 0 Å². The number of nitrogens with one attached hydrogen (secondary N) is 1. The number of phenolic OH excluding ortho intramolecular Hbond substituents is 1. The Morgan fingerprint density at radius 2 is 2.18 bits per heavy atom. The zero-order chi connectivity index (χ0) is 15.8. The topological polar surface area (TPSA) is 74.2 Å². The number of rotatable bonds is 6. The van der Waals surface area contributed by atoms with E-state index in [2.05, 4.69) is 15.4 Å². The third-order valence-electron chi connectivity index (χ3n) is 3.71. The van der Waals surface area contributed by atoms with Gasteiger partial charge < -0.3 is 14.7 Å². The molecule has 2 N–H and O–H groups in total. The molecule has 1 heterocycles. The highest BCUT2D eigenvalue weighted by Crippen LogP contribution is 2.25. The first-order valence-electron chi connectivity index (χ1n) is 7.60. The molecule has 0 aliphatic carbocycles. The van der Waals surface area contributed by atoms with Crippen LogP contribution in [0.3, 0.4) is 0 Å². The maximum atomic E-state index is 11.7. The van der Waals surface area contributed by atoms with Crippen LogP contribution in [-0.2, 0) is 4.79 Å². The second kappa shape index (κ2) is 8.38. The Morgan fingerprint density at radius 1 is 1.41 bits per heavy atom. The number of hydrogen-bond acceptors (Lipinski definition) is 5. The van der Waals surface area contributed by atoms with Crippen molar-refractivity contribution in [1.29, 1.82) is 0 Å². The zero-order valence-corrected chi connectivity index (χ0v) is 12.9. The molecule has 1 aliphatic heterocycles. The zero-order valence-electron chi connectivity index (χ0n) is 12.9. The van der Waals surface area contributed by atoms with E-state index in [1.807, 2.05) is 0 Å². The molecule has 1 aliphatic rings. The first-order chi connectivity index (χ1) is 10.7. The van der Waals surface area contributed by atoms with Gasteiger partial charge in [0.25, 0.3) is 0 Å². The summed E-state index contributed by atoms with van der Waals surface area (Å²) in [5.74, 6) is 0.359. The molecule has 2 rings (SSSR count). The second-order valence-corrected chi connectivity index (χ2v) is 5.38. The lowest BCUT2D eigenvalue weighted by Crippen LogP contribution is -2.33. The summed E-state index contributed by atoms with van der Waals surface area (Å²) in [6, 6.07) is 4.87. The van der Waals surface area contributed by atoms with Crippen molar-refractivity contribution in [2.45, 2.75) is 25.7 Å². The highest BCUT2D eigenvalue weighted by atomic mass is 16.5. The molecule has 0 bridgehead atoms. The normalized spacial score (nSPS) is 15.9. The smallest absolute Gasteiger partial charge is 0.241 e. The maximum absolute atomic E-state index is 11.7. The molecule has 6 heteroatoms. The first-order valence-corrected chi connectivity index (χ1v) is 7.60. The van der Waals surface area contributed by atoms with Crippen LogP contribution in [0, 0.1) is 0 Å². The quantitative estimate of drug-likeness (QED) is 0.620. The van der Waals surface area contributed by atoms with Crippen molar-refractivity contribution < 1.29 is 14.6 Å². The highest BCUT2D eigenvalue weighted by Gasteiger charge is 2.11. The van der Waals surface area contributed by atoms with E-state index in [1.54, 1.807) is 12.1 Å². The average Bonchev–Trinajstić information content (AvgIpc) is 2.55. The lowest BCUT2D eigenvalue weighted by Gasteiger charge is -2.25. The number of carbonyl (C=O) groups excluding carboxylic acids is 1. The van der Waals surface area contributed by atoms with Gasteiger partial charge in [0.15, 0.2) is 11.5 Å². The number of likely N-dealkylation sites (tertiary alicyclic amines) is 1. The van der Waals surface area contributed by atoms with Crippen LogP contribution >= 0.6 is 0 Å². The summed E-state index contributed by atoms with van der Waals surface area (Å²) in [6.45, 7) is 2.96. The summed E-state index contributed by atoms with van der Waals surface area (Å²) in [6.07, 6.45) is 5.73. The number of aromatic hydroxyl groups is 1. The van der Waals surface area contributed by atoms with Gasteiger partial charge in [-0.2, -0.15) is 5.10 Å². The number of phenols is 1. The summed E-state index contributed by atoms with van der Waals surface area (Å²) in [5.41, 5.74) is 3.26. The fourth-order valence-electron chi connectivity index (χ4n) is 2.45. The number of carbonyl (C=O) groups is 1. The molecule has 0 unspecified atom stereocenters. The molecule has 1 aromatic carbocycles. The van der Waals surface area contributed by atoms with E-state index in [0.29, 0.717) is 12.2 Å². The predicted octanol–water partition coefficient (Wildman–Crippen LogP) is 1.73. The van der Waals surface area contributed by atoms with Crippen LogP contribution in [0.5, 0.6) is 11.5 Å². The number of nitrogens with zero attached hydrogens (tertiary/aromatic N) is 2. The molecule has 0 atom stereocenters. The molecular weight excluding hydrogens is 282 g/mol. The summed E-state index contributed by atoms with van der Waals surface area (Å²) in [4.78, 5) is 14.1. The molecule has 0 spiro atoms. The van der Waals surface area contributed by atoms with Crippen LogP contribution in [0.1, 0.15) is 31.2 Å². The van der Waals surface area contributed by atoms with E-state index >= 15 is 0 Å². The fraction of sp³-hybridized carbons (Fsp3) is 0.500. The van der Waals surface area contributed by atoms with Crippen molar-refractivity contribution in [2.24, 2.45) is 5.10 Å². The van der Waals surface area contributed by atoms with E-state index in [-0.39, 0.29) is 11.7 Å². The molecule has 1 amide bonds. The Kier molecular flexibility index (Phi) is 6.21. The Morgan fingerprint density at radius 3 is 2.91 bits per heavy atom. The van der Waals surface area contributed by atoms with Crippen molar-refractivity contribution >= 4 is 12.1 Å². The largest absolute Gasteiger partial charge is 0.504 e. The van der Waals surface area contributed by atoms with Crippen LogP contribution in [0.15, 0.2) is 23.3 Å². The van der Waals surface area contributed by atoms with E-state index in [9.17, 15) is 9.90 Å². The summed E-state index contributed by atoms with van der Waals surface area (Å²) >= 11 is 0. The molecular formula is C16H23N3O3. The lowest BCUT2D eigenvalue weighted by atomic mass is 10.1. The predicted molar refractivity (Wildman–Crippen MR) is 85.3 cm³/mol. The standard InChI is InChI=1S/C16H23N3O3/c1-22-15-11-13(5-6-14(15)20)12-17-18-16(21)7-10-19-8-3-2-4-9-19/h5-6,11-12,20H,2-4,7-10H2,1H3,(H,18,21)/b17-12+. The Hall–Kier alpha value is -2.08. The molecule has 1 saturated heterocycles. The van der Waals surface area contributed by atoms with Crippen LogP contribution < -0.4 is 10.2 Å². The van der Waals surface area contributed by atoms with E-state index in [1.165, 1.54) is 38.7 Å². The van der Waals surface area contributed by atoms with Crippen molar-refractivity contribution in [3.05, 3.63) is 23.8 Å². The first kappa shape index (κ1) is 16.3. The molecule has 0 saturated carbocycles. The van der Waals surface area contributed by atoms with Crippen molar-refractivity contribution in [1.82, 2.24) is 10.3 Å². The van der Waals surface area contributed by atoms with Gasteiger partial charge in [0.2, 0.25) is 5.91 Å². The summed E-state index contributed by atoms with van der Waals surface area (Å²) in [7, 11) is 1.48. The summed E-state index contributed by atoms with van der Waals surface area (Å²) < 4.78 is 5.01. The van der Waals surface area contributed by atoms with Crippen LogP contribution in [0.25, 0.3) is 0 Å². The van der Waals surface area contributed by atoms with Gasteiger partial charge in [0.1, 0.15) is 0 Å². The number of methoxy groups -OCH3 is 1.